The number of hydrogen-bond acceptors (Lipinski definition) is 3. The summed E-state index contributed by atoms with van der Waals surface area (Å²) in [5.74, 6) is 0.814. The number of benzene rings is 2. The second-order valence-corrected chi connectivity index (χ2v) is 6.78. The van der Waals surface area contributed by atoms with E-state index in [1.54, 1.807) is 0 Å². The molecular formula is C20H22FN3O. The minimum Gasteiger partial charge on any atom is -0.392 e. The van der Waals surface area contributed by atoms with Crippen molar-refractivity contribution in [2.45, 2.75) is 25.0 Å². The summed E-state index contributed by atoms with van der Waals surface area (Å²) in [5.41, 5.74) is 3.20. The fraction of sp³-hybridized carbons (Fsp3) is 0.350. The van der Waals surface area contributed by atoms with Crippen molar-refractivity contribution >= 4 is 11.0 Å². The van der Waals surface area contributed by atoms with Crippen molar-refractivity contribution in [3.63, 3.8) is 0 Å². The lowest BCUT2D eigenvalue weighted by atomic mass is 10.0. The molecule has 3 aromatic rings. The summed E-state index contributed by atoms with van der Waals surface area (Å²) in [5, 5.41) is 10.1. The molecule has 0 radical (unpaired) electrons. The number of rotatable bonds is 4. The van der Waals surface area contributed by atoms with Crippen molar-refractivity contribution in [3.05, 3.63) is 65.7 Å². The van der Waals surface area contributed by atoms with E-state index in [4.69, 9.17) is 4.98 Å². The molecular weight excluding hydrogens is 317 g/mol. The van der Waals surface area contributed by atoms with Crippen molar-refractivity contribution in [1.29, 1.82) is 0 Å². The average Bonchev–Trinajstić information content (AvgIpc) is 3.14. The van der Waals surface area contributed by atoms with Gasteiger partial charge in [0.15, 0.2) is 0 Å². The molecule has 1 aliphatic heterocycles. The number of para-hydroxylation sites is 2. The van der Waals surface area contributed by atoms with E-state index in [0.29, 0.717) is 13.0 Å². The largest absolute Gasteiger partial charge is 0.392 e. The Bertz CT molecular complexity index is 874. The molecule has 2 atom stereocenters. The third kappa shape index (κ3) is 3.17. The fourth-order valence-corrected chi connectivity index (χ4v) is 3.82. The standard InChI is InChI=1S/C20H22FN3O/c1-23-18-5-3-2-4-17(18)22-20(23)10-11-24-13-16(25)12-19(24)14-6-8-15(21)9-7-14/h2-9,16,19,25H,10-13H2,1H3. The van der Waals surface area contributed by atoms with Gasteiger partial charge in [0, 0.05) is 32.6 Å². The summed E-state index contributed by atoms with van der Waals surface area (Å²) in [6, 6.07) is 14.9. The van der Waals surface area contributed by atoms with Gasteiger partial charge in [-0.05, 0) is 36.2 Å². The van der Waals surface area contributed by atoms with Crippen molar-refractivity contribution in [3.8, 4) is 0 Å². The minimum atomic E-state index is -0.338. The number of fused-ring (bicyclic) bond motifs is 1. The fourth-order valence-electron chi connectivity index (χ4n) is 3.82. The van der Waals surface area contributed by atoms with Crippen LogP contribution >= 0.6 is 0 Å². The SMILES string of the molecule is Cn1c(CCN2CC(O)CC2c2ccc(F)cc2)nc2ccccc21. The van der Waals surface area contributed by atoms with Gasteiger partial charge in [-0.3, -0.25) is 4.90 Å². The average molecular weight is 339 g/mol. The predicted octanol–water partition coefficient (Wildman–Crippen LogP) is 3.06. The van der Waals surface area contributed by atoms with Gasteiger partial charge >= 0.3 is 0 Å². The molecule has 1 saturated heterocycles. The zero-order valence-electron chi connectivity index (χ0n) is 14.3. The second kappa shape index (κ2) is 6.58. The van der Waals surface area contributed by atoms with Gasteiger partial charge in [-0.1, -0.05) is 24.3 Å². The molecule has 0 bridgehead atoms. The highest BCUT2D eigenvalue weighted by molar-refractivity contribution is 5.75. The quantitative estimate of drug-likeness (QED) is 0.794. The molecule has 25 heavy (non-hydrogen) atoms. The van der Waals surface area contributed by atoms with Gasteiger partial charge in [0.1, 0.15) is 11.6 Å². The van der Waals surface area contributed by atoms with Crippen molar-refractivity contribution in [2.75, 3.05) is 13.1 Å². The number of nitrogens with zero attached hydrogens (tertiary/aromatic N) is 3. The maximum absolute atomic E-state index is 13.2. The third-order valence-electron chi connectivity index (χ3n) is 5.14. The van der Waals surface area contributed by atoms with Crippen LogP contribution in [0.3, 0.4) is 0 Å². The number of aryl methyl sites for hydroxylation is 1. The molecule has 1 aromatic heterocycles. The number of aromatic nitrogens is 2. The molecule has 2 unspecified atom stereocenters. The Morgan fingerprint density at radius 1 is 1.16 bits per heavy atom. The molecule has 130 valence electrons. The molecule has 2 aromatic carbocycles. The van der Waals surface area contributed by atoms with Crippen molar-refractivity contribution in [1.82, 2.24) is 14.5 Å². The first kappa shape index (κ1) is 16.2. The third-order valence-corrected chi connectivity index (χ3v) is 5.14. The Kier molecular flexibility index (Phi) is 4.27. The second-order valence-electron chi connectivity index (χ2n) is 6.78. The highest BCUT2D eigenvalue weighted by Crippen LogP contribution is 2.32. The molecule has 4 rings (SSSR count). The summed E-state index contributed by atoms with van der Waals surface area (Å²) >= 11 is 0. The molecule has 1 N–H and O–H groups in total. The van der Waals surface area contributed by atoms with E-state index in [1.165, 1.54) is 12.1 Å². The molecule has 1 fully saturated rings. The lowest BCUT2D eigenvalue weighted by Gasteiger charge is -2.24. The van der Waals surface area contributed by atoms with Gasteiger partial charge in [0.25, 0.3) is 0 Å². The summed E-state index contributed by atoms with van der Waals surface area (Å²) in [6.07, 6.45) is 1.17. The number of β-amino-alcohol motifs (C(OH)–C–C–N with tert-alkyl or cyclic N) is 1. The number of aliphatic hydroxyl groups excluding tert-OH is 1. The summed E-state index contributed by atoms with van der Waals surface area (Å²) in [4.78, 5) is 7.00. The van der Waals surface area contributed by atoms with E-state index < -0.39 is 0 Å². The van der Waals surface area contributed by atoms with E-state index in [9.17, 15) is 9.50 Å². The van der Waals surface area contributed by atoms with Crippen LogP contribution in [0.15, 0.2) is 48.5 Å². The Morgan fingerprint density at radius 3 is 2.68 bits per heavy atom. The molecule has 1 aliphatic rings. The van der Waals surface area contributed by atoms with Gasteiger partial charge in [0.2, 0.25) is 0 Å². The van der Waals surface area contributed by atoms with Gasteiger partial charge in [-0.15, -0.1) is 0 Å². The van der Waals surface area contributed by atoms with Crippen LogP contribution < -0.4 is 0 Å². The number of halogens is 1. The van der Waals surface area contributed by atoms with E-state index >= 15 is 0 Å². The number of imidazole rings is 1. The Morgan fingerprint density at radius 2 is 1.92 bits per heavy atom. The van der Waals surface area contributed by atoms with Crippen LogP contribution in [0.2, 0.25) is 0 Å². The van der Waals surface area contributed by atoms with E-state index in [1.807, 2.05) is 37.4 Å². The monoisotopic (exact) mass is 339 g/mol. The van der Waals surface area contributed by atoms with Crippen LogP contribution in [0.25, 0.3) is 11.0 Å². The Hall–Kier alpha value is -2.24. The van der Waals surface area contributed by atoms with E-state index in [2.05, 4.69) is 15.5 Å². The predicted molar refractivity (Wildman–Crippen MR) is 95.8 cm³/mol. The number of hydrogen-bond donors (Lipinski definition) is 1. The van der Waals surface area contributed by atoms with Gasteiger partial charge in [0.05, 0.1) is 17.1 Å². The Labute approximate surface area is 146 Å². The summed E-state index contributed by atoms with van der Waals surface area (Å²) < 4.78 is 15.3. The minimum absolute atomic E-state index is 0.130. The van der Waals surface area contributed by atoms with Gasteiger partial charge in [-0.25, -0.2) is 9.37 Å². The van der Waals surface area contributed by atoms with Crippen LogP contribution in [0.1, 0.15) is 23.9 Å². The van der Waals surface area contributed by atoms with Crippen molar-refractivity contribution in [2.24, 2.45) is 7.05 Å². The molecule has 0 spiro atoms. The first-order valence-corrected chi connectivity index (χ1v) is 8.70. The highest BCUT2D eigenvalue weighted by Gasteiger charge is 2.31. The zero-order valence-corrected chi connectivity index (χ0v) is 14.3. The first-order valence-electron chi connectivity index (χ1n) is 8.70. The zero-order chi connectivity index (χ0) is 17.4. The van der Waals surface area contributed by atoms with Crippen LogP contribution in [-0.4, -0.2) is 38.8 Å². The van der Waals surface area contributed by atoms with Crippen molar-refractivity contribution < 1.29 is 9.50 Å². The van der Waals surface area contributed by atoms with E-state index in [-0.39, 0.29) is 18.0 Å². The highest BCUT2D eigenvalue weighted by atomic mass is 19.1. The molecule has 0 aliphatic carbocycles. The summed E-state index contributed by atoms with van der Waals surface area (Å²) in [7, 11) is 2.04. The smallest absolute Gasteiger partial charge is 0.123 e. The number of likely N-dealkylation sites (tertiary alicyclic amines) is 1. The number of aliphatic hydroxyl groups is 1. The lowest BCUT2D eigenvalue weighted by Crippen LogP contribution is -2.27. The van der Waals surface area contributed by atoms with E-state index in [0.717, 1.165) is 35.4 Å². The molecule has 4 nitrogen and oxygen atoms in total. The molecule has 0 amide bonds. The van der Waals surface area contributed by atoms with Crippen LogP contribution in [0.4, 0.5) is 4.39 Å². The first-order chi connectivity index (χ1) is 12.1. The topological polar surface area (TPSA) is 41.3 Å². The summed E-state index contributed by atoms with van der Waals surface area (Å²) in [6.45, 7) is 1.46. The van der Waals surface area contributed by atoms with Gasteiger partial charge in [-0.2, -0.15) is 0 Å². The van der Waals surface area contributed by atoms with Gasteiger partial charge < -0.3 is 9.67 Å². The molecule has 0 saturated carbocycles. The maximum atomic E-state index is 13.2. The Balaban J connectivity index is 1.52. The van der Waals surface area contributed by atoms with Crippen LogP contribution in [0.5, 0.6) is 0 Å². The van der Waals surface area contributed by atoms with Crippen LogP contribution in [0, 0.1) is 5.82 Å². The normalized spacial score (nSPS) is 21.2. The molecule has 2 heterocycles. The van der Waals surface area contributed by atoms with Crippen LogP contribution in [-0.2, 0) is 13.5 Å². The lowest BCUT2D eigenvalue weighted by molar-refractivity contribution is 0.175. The maximum Gasteiger partial charge on any atom is 0.123 e. The molecule has 5 heteroatoms.